The summed E-state index contributed by atoms with van der Waals surface area (Å²) in [5.74, 6) is 0.463. The van der Waals surface area contributed by atoms with Crippen LogP contribution in [0.1, 0.15) is 11.5 Å². The first kappa shape index (κ1) is 7.75. The minimum Gasteiger partial charge on any atom is -0.315 e. The second-order valence-electron chi connectivity index (χ2n) is 3.54. The van der Waals surface area contributed by atoms with Crippen LogP contribution in [0.4, 0.5) is 0 Å². The van der Waals surface area contributed by atoms with E-state index in [9.17, 15) is 4.79 Å². The first-order chi connectivity index (χ1) is 6.86. The third-order valence-corrected chi connectivity index (χ3v) is 2.71. The monoisotopic (exact) mass is 190 g/mol. The van der Waals surface area contributed by atoms with Gasteiger partial charge in [0.15, 0.2) is 0 Å². The van der Waals surface area contributed by atoms with E-state index in [2.05, 4.69) is 15.4 Å². The van der Waals surface area contributed by atoms with Crippen LogP contribution >= 0.6 is 0 Å². The van der Waals surface area contributed by atoms with Crippen molar-refractivity contribution < 1.29 is 0 Å². The number of hydrogen-bond acceptors (Lipinski definition) is 3. The van der Waals surface area contributed by atoms with E-state index >= 15 is 0 Å². The van der Waals surface area contributed by atoms with E-state index in [-0.39, 0.29) is 5.56 Å². The number of aromatic amines is 1. The molecule has 0 spiro atoms. The average molecular weight is 190 g/mol. The highest BCUT2D eigenvalue weighted by Crippen LogP contribution is 2.22. The van der Waals surface area contributed by atoms with Crippen molar-refractivity contribution >= 4 is 5.52 Å². The maximum atomic E-state index is 11.6. The van der Waals surface area contributed by atoms with Crippen LogP contribution in [0, 0.1) is 0 Å². The topological polar surface area (TPSA) is 62.2 Å². The van der Waals surface area contributed by atoms with Gasteiger partial charge in [-0.3, -0.25) is 4.79 Å². The summed E-state index contributed by atoms with van der Waals surface area (Å²) in [6, 6.07) is 1.98. The molecule has 2 aromatic heterocycles. The molecule has 2 N–H and O–H groups in total. The molecule has 0 saturated carbocycles. The second kappa shape index (κ2) is 2.68. The molecule has 5 nitrogen and oxygen atoms in total. The van der Waals surface area contributed by atoms with E-state index in [1.54, 1.807) is 4.52 Å². The fourth-order valence-corrected chi connectivity index (χ4v) is 1.82. The van der Waals surface area contributed by atoms with Gasteiger partial charge in [-0.1, -0.05) is 0 Å². The molecule has 0 amide bonds. The summed E-state index contributed by atoms with van der Waals surface area (Å²) in [7, 11) is 0. The average Bonchev–Trinajstić information content (AvgIpc) is 2.47. The zero-order valence-corrected chi connectivity index (χ0v) is 7.53. The molecular formula is C9H10N4O. The Morgan fingerprint density at radius 3 is 3.07 bits per heavy atom. The van der Waals surface area contributed by atoms with Gasteiger partial charge in [0.25, 0.3) is 5.56 Å². The smallest absolute Gasteiger partial charge is 0.275 e. The summed E-state index contributed by atoms with van der Waals surface area (Å²) in [6.45, 7) is 1.90. The molecule has 14 heavy (non-hydrogen) atoms. The predicted octanol–water partition coefficient (Wildman–Crippen LogP) is -0.291. The quantitative estimate of drug-likeness (QED) is 0.649. The van der Waals surface area contributed by atoms with Gasteiger partial charge in [-0.05, 0) is 11.6 Å². The predicted molar refractivity (Wildman–Crippen MR) is 51.4 cm³/mol. The Hall–Kier alpha value is -1.62. The molecule has 5 heteroatoms. The molecule has 0 aliphatic carbocycles. The molecule has 1 aliphatic rings. The van der Waals surface area contributed by atoms with Crippen LogP contribution in [0.5, 0.6) is 0 Å². The Kier molecular flexibility index (Phi) is 1.49. The van der Waals surface area contributed by atoms with Crippen molar-refractivity contribution in [2.24, 2.45) is 0 Å². The number of rotatable bonds is 1. The van der Waals surface area contributed by atoms with Gasteiger partial charge in [-0.15, -0.1) is 0 Å². The van der Waals surface area contributed by atoms with Crippen LogP contribution in [-0.2, 0) is 0 Å². The number of nitrogens with zero attached hydrogens (tertiary/aromatic N) is 2. The standard InChI is InChI=1S/C9H10N4O/c14-9-8-7(6-3-10-4-6)1-2-13(8)12-5-11-9/h1-2,5-6,10H,3-4H2,(H,11,12,14). The maximum Gasteiger partial charge on any atom is 0.275 e. The van der Waals surface area contributed by atoms with Crippen molar-refractivity contribution in [1.29, 1.82) is 0 Å². The molecule has 72 valence electrons. The van der Waals surface area contributed by atoms with Gasteiger partial charge >= 0.3 is 0 Å². The number of fused-ring (bicyclic) bond motifs is 1. The lowest BCUT2D eigenvalue weighted by atomic mass is 9.95. The molecule has 3 rings (SSSR count). The van der Waals surface area contributed by atoms with Gasteiger partial charge in [0.1, 0.15) is 11.8 Å². The van der Waals surface area contributed by atoms with Crippen molar-refractivity contribution in [2.45, 2.75) is 5.92 Å². The molecule has 1 aliphatic heterocycles. The van der Waals surface area contributed by atoms with Crippen molar-refractivity contribution in [1.82, 2.24) is 19.9 Å². The first-order valence-corrected chi connectivity index (χ1v) is 4.62. The summed E-state index contributed by atoms with van der Waals surface area (Å²) in [4.78, 5) is 14.2. The van der Waals surface area contributed by atoms with Gasteiger partial charge in [-0.2, -0.15) is 5.10 Å². The Morgan fingerprint density at radius 2 is 2.36 bits per heavy atom. The van der Waals surface area contributed by atoms with Crippen LogP contribution in [-0.4, -0.2) is 27.7 Å². The molecule has 1 saturated heterocycles. The molecule has 0 aromatic carbocycles. The van der Waals surface area contributed by atoms with Crippen LogP contribution in [0.3, 0.4) is 0 Å². The number of aromatic nitrogens is 3. The Balaban J connectivity index is 2.28. The van der Waals surface area contributed by atoms with E-state index in [0.29, 0.717) is 11.4 Å². The SMILES string of the molecule is O=c1[nH]cnn2ccc(C3CNC3)c12. The van der Waals surface area contributed by atoms with Crippen LogP contribution in [0.25, 0.3) is 5.52 Å². The highest BCUT2D eigenvalue weighted by atomic mass is 16.1. The first-order valence-electron chi connectivity index (χ1n) is 4.62. The normalized spacial score (nSPS) is 17.1. The Labute approximate surface area is 79.8 Å². The third kappa shape index (κ3) is 0.927. The maximum absolute atomic E-state index is 11.6. The van der Waals surface area contributed by atoms with Gasteiger partial charge in [-0.25, -0.2) is 4.52 Å². The third-order valence-electron chi connectivity index (χ3n) is 2.71. The van der Waals surface area contributed by atoms with Crippen molar-refractivity contribution in [3.8, 4) is 0 Å². The molecule has 0 bridgehead atoms. The minimum atomic E-state index is -0.0631. The van der Waals surface area contributed by atoms with Crippen LogP contribution < -0.4 is 10.9 Å². The lowest BCUT2D eigenvalue weighted by molar-refractivity contribution is 0.450. The summed E-state index contributed by atoms with van der Waals surface area (Å²) in [5, 5.41) is 7.24. The van der Waals surface area contributed by atoms with E-state index in [1.165, 1.54) is 6.33 Å². The summed E-state index contributed by atoms with van der Waals surface area (Å²) in [5.41, 5.74) is 1.71. The number of H-pyrrole nitrogens is 1. The van der Waals surface area contributed by atoms with Gasteiger partial charge < -0.3 is 10.3 Å². The van der Waals surface area contributed by atoms with Crippen molar-refractivity contribution in [3.63, 3.8) is 0 Å². The molecule has 0 atom stereocenters. The van der Waals surface area contributed by atoms with Gasteiger partial charge in [0.05, 0.1) is 0 Å². The fraction of sp³-hybridized carbons (Fsp3) is 0.333. The van der Waals surface area contributed by atoms with Gasteiger partial charge in [0.2, 0.25) is 0 Å². The summed E-state index contributed by atoms with van der Waals surface area (Å²) in [6.07, 6.45) is 3.25. The highest BCUT2D eigenvalue weighted by molar-refractivity contribution is 5.55. The van der Waals surface area contributed by atoms with Gasteiger partial charge in [0, 0.05) is 25.2 Å². The highest BCUT2D eigenvalue weighted by Gasteiger charge is 2.22. The molecule has 1 fully saturated rings. The minimum absolute atomic E-state index is 0.0631. The van der Waals surface area contributed by atoms with E-state index in [1.807, 2.05) is 12.3 Å². The lowest BCUT2D eigenvalue weighted by Gasteiger charge is -2.26. The molecule has 2 aromatic rings. The molecule has 0 unspecified atom stereocenters. The number of hydrogen-bond donors (Lipinski definition) is 2. The lowest BCUT2D eigenvalue weighted by Crippen LogP contribution is -2.40. The van der Waals surface area contributed by atoms with Crippen LogP contribution in [0.2, 0.25) is 0 Å². The fourth-order valence-electron chi connectivity index (χ4n) is 1.82. The second-order valence-corrected chi connectivity index (χ2v) is 3.54. The van der Waals surface area contributed by atoms with E-state index in [4.69, 9.17) is 0 Å². The summed E-state index contributed by atoms with van der Waals surface area (Å²) < 4.78 is 1.63. The zero-order chi connectivity index (χ0) is 9.54. The summed E-state index contributed by atoms with van der Waals surface area (Å²) >= 11 is 0. The molecule has 3 heterocycles. The Morgan fingerprint density at radius 1 is 1.50 bits per heavy atom. The number of nitrogens with one attached hydrogen (secondary N) is 2. The zero-order valence-electron chi connectivity index (χ0n) is 7.53. The largest absolute Gasteiger partial charge is 0.315 e. The van der Waals surface area contributed by atoms with E-state index in [0.717, 1.165) is 18.7 Å². The van der Waals surface area contributed by atoms with Crippen LogP contribution in [0.15, 0.2) is 23.4 Å². The van der Waals surface area contributed by atoms with Crippen molar-refractivity contribution in [3.05, 3.63) is 34.5 Å². The molecular weight excluding hydrogens is 180 g/mol. The molecule has 0 radical (unpaired) electrons. The van der Waals surface area contributed by atoms with E-state index < -0.39 is 0 Å². The Bertz CT molecular complexity index is 523. The van der Waals surface area contributed by atoms with Crippen molar-refractivity contribution in [2.75, 3.05) is 13.1 Å².